The van der Waals surface area contributed by atoms with Crippen molar-refractivity contribution in [2.24, 2.45) is 0 Å². The van der Waals surface area contributed by atoms with Crippen molar-refractivity contribution >= 4 is 11.8 Å². The van der Waals surface area contributed by atoms with E-state index in [2.05, 4.69) is 5.32 Å². The van der Waals surface area contributed by atoms with Crippen LogP contribution in [-0.2, 0) is 4.79 Å². The lowest BCUT2D eigenvalue weighted by Crippen LogP contribution is -2.50. The molecular formula is C18H27N3O4. The van der Waals surface area contributed by atoms with Crippen LogP contribution in [0.15, 0.2) is 18.2 Å². The normalized spacial score (nSPS) is 14.4. The Morgan fingerprint density at radius 2 is 1.56 bits per heavy atom. The zero-order chi connectivity index (χ0) is 18.2. The number of carbonyl (C=O) groups excluding carboxylic acids is 2. The second-order valence-corrected chi connectivity index (χ2v) is 5.98. The minimum Gasteiger partial charge on any atom is -0.497 e. The van der Waals surface area contributed by atoms with Gasteiger partial charge in [0.25, 0.3) is 5.91 Å². The maximum Gasteiger partial charge on any atom is 0.254 e. The molecule has 0 aromatic heterocycles. The molecule has 0 aliphatic carbocycles. The van der Waals surface area contributed by atoms with Crippen LogP contribution in [0.2, 0.25) is 0 Å². The summed E-state index contributed by atoms with van der Waals surface area (Å²) in [6.45, 7) is 3.06. The Bertz CT molecular complexity index is 576. The molecule has 0 saturated carbocycles. The third-order valence-electron chi connectivity index (χ3n) is 4.34. The lowest BCUT2D eigenvalue weighted by Gasteiger charge is -2.35. The summed E-state index contributed by atoms with van der Waals surface area (Å²) < 4.78 is 10.4. The third-order valence-corrected chi connectivity index (χ3v) is 4.34. The first kappa shape index (κ1) is 19.1. The van der Waals surface area contributed by atoms with Gasteiger partial charge >= 0.3 is 0 Å². The molecule has 0 radical (unpaired) electrons. The SMILES string of the molecule is CNCCCC(=O)N1CCN(C(=O)c2cc(OC)cc(OC)c2)CC1. The summed E-state index contributed by atoms with van der Waals surface area (Å²) >= 11 is 0. The molecule has 1 saturated heterocycles. The fraction of sp³-hybridized carbons (Fsp3) is 0.556. The molecule has 1 N–H and O–H groups in total. The van der Waals surface area contributed by atoms with Gasteiger partial charge in [-0.05, 0) is 32.1 Å². The minimum atomic E-state index is -0.0699. The van der Waals surface area contributed by atoms with Crippen LogP contribution in [0, 0.1) is 0 Å². The number of methoxy groups -OCH3 is 2. The van der Waals surface area contributed by atoms with E-state index in [0.29, 0.717) is 49.7 Å². The number of hydrogen-bond donors (Lipinski definition) is 1. The summed E-state index contributed by atoms with van der Waals surface area (Å²) in [6.07, 6.45) is 1.37. The number of piperazine rings is 1. The van der Waals surface area contributed by atoms with Crippen molar-refractivity contribution in [1.29, 1.82) is 0 Å². The van der Waals surface area contributed by atoms with E-state index in [1.54, 1.807) is 37.3 Å². The predicted molar refractivity (Wildman–Crippen MR) is 95.2 cm³/mol. The molecule has 1 aliphatic heterocycles. The molecule has 1 heterocycles. The molecule has 25 heavy (non-hydrogen) atoms. The monoisotopic (exact) mass is 349 g/mol. The topological polar surface area (TPSA) is 71.1 Å². The van der Waals surface area contributed by atoms with Gasteiger partial charge in [-0.1, -0.05) is 0 Å². The molecule has 0 spiro atoms. The van der Waals surface area contributed by atoms with Crippen LogP contribution < -0.4 is 14.8 Å². The summed E-state index contributed by atoms with van der Waals surface area (Å²) in [5.41, 5.74) is 0.532. The van der Waals surface area contributed by atoms with E-state index in [-0.39, 0.29) is 11.8 Å². The van der Waals surface area contributed by atoms with Crippen molar-refractivity contribution in [2.75, 3.05) is 54.0 Å². The number of nitrogens with one attached hydrogen (secondary N) is 1. The van der Waals surface area contributed by atoms with Crippen molar-refractivity contribution in [3.63, 3.8) is 0 Å². The summed E-state index contributed by atoms with van der Waals surface area (Å²) in [5, 5.41) is 3.04. The standard InChI is InChI=1S/C18H27N3O4/c1-19-6-4-5-17(22)20-7-9-21(10-8-20)18(23)14-11-15(24-2)13-16(12-14)25-3/h11-13,19H,4-10H2,1-3H3. The number of nitrogens with zero attached hydrogens (tertiary/aromatic N) is 2. The van der Waals surface area contributed by atoms with Crippen molar-refractivity contribution in [2.45, 2.75) is 12.8 Å². The van der Waals surface area contributed by atoms with Gasteiger partial charge in [0.05, 0.1) is 14.2 Å². The highest BCUT2D eigenvalue weighted by Gasteiger charge is 2.25. The first-order valence-corrected chi connectivity index (χ1v) is 8.53. The maximum atomic E-state index is 12.7. The van der Waals surface area contributed by atoms with Gasteiger partial charge < -0.3 is 24.6 Å². The molecule has 7 heteroatoms. The molecule has 0 unspecified atom stereocenters. The highest BCUT2D eigenvalue weighted by molar-refractivity contribution is 5.95. The number of carbonyl (C=O) groups is 2. The van der Waals surface area contributed by atoms with Crippen molar-refractivity contribution in [3.8, 4) is 11.5 Å². The summed E-state index contributed by atoms with van der Waals surface area (Å²) in [5.74, 6) is 1.26. The molecule has 0 bridgehead atoms. The highest BCUT2D eigenvalue weighted by atomic mass is 16.5. The van der Waals surface area contributed by atoms with Gasteiger partial charge in [-0.3, -0.25) is 9.59 Å². The predicted octanol–water partition coefficient (Wildman–Crippen LogP) is 0.988. The van der Waals surface area contributed by atoms with Crippen LogP contribution in [0.25, 0.3) is 0 Å². The Morgan fingerprint density at radius 3 is 2.08 bits per heavy atom. The first-order valence-electron chi connectivity index (χ1n) is 8.53. The Balaban J connectivity index is 1.94. The van der Waals surface area contributed by atoms with E-state index in [4.69, 9.17) is 9.47 Å². The lowest BCUT2D eigenvalue weighted by atomic mass is 10.1. The Kier molecular flexibility index (Phi) is 7.06. The van der Waals surface area contributed by atoms with Gasteiger partial charge in [-0.15, -0.1) is 0 Å². The van der Waals surface area contributed by atoms with E-state index >= 15 is 0 Å². The molecule has 1 fully saturated rings. The molecule has 1 aromatic carbocycles. The fourth-order valence-electron chi connectivity index (χ4n) is 2.85. The molecule has 2 rings (SSSR count). The van der Waals surface area contributed by atoms with Crippen LogP contribution in [0.4, 0.5) is 0 Å². The Labute approximate surface area is 148 Å². The zero-order valence-electron chi connectivity index (χ0n) is 15.2. The van der Waals surface area contributed by atoms with E-state index in [1.165, 1.54) is 0 Å². The summed E-state index contributed by atoms with van der Waals surface area (Å²) in [6, 6.07) is 5.15. The molecule has 138 valence electrons. The minimum absolute atomic E-state index is 0.0699. The summed E-state index contributed by atoms with van der Waals surface area (Å²) in [4.78, 5) is 28.5. The number of hydrogen-bond acceptors (Lipinski definition) is 5. The average Bonchev–Trinajstić information content (AvgIpc) is 2.67. The summed E-state index contributed by atoms with van der Waals surface area (Å²) in [7, 11) is 4.99. The second kappa shape index (κ2) is 9.27. The Morgan fingerprint density at radius 1 is 1.00 bits per heavy atom. The van der Waals surface area contributed by atoms with Crippen LogP contribution >= 0.6 is 0 Å². The van der Waals surface area contributed by atoms with Crippen LogP contribution in [0.1, 0.15) is 23.2 Å². The number of rotatable bonds is 7. The van der Waals surface area contributed by atoms with E-state index in [0.717, 1.165) is 13.0 Å². The van der Waals surface area contributed by atoms with Crippen molar-refractivity contribution in [3.05, 3.63) is 23.8 Å². The van der Waals surface area contributed by atoms with Gasteiger partial charge in [-0.25, -0.2) is 0 Å². The van der Waals surface area contributed by atoms with Gasteiger partial charge in [0.1, 0.15) is 11.5 Å². The molecule has 2 amide bonds. The zero-order valence-corrected chi connectivity index (χ0v) is 15.2. The Hall–Kier alpha value is -2.28. The first-order chi connectivity index (χ1) is 12.1. The second-order valence-electron chi connectivity index (χ2n) is 5.98. The van der Waals surface area contributed by atoms with Crippen molar-refractivity contribution in [1.82, 2.24) is 15.1 Å². The van der Waals surface area contributed by atoms with E-state index < -0.39 is 0 Å². The number of ether oxygens (including phenoxy) is 2. The fourth-order valence-corrected chi connectivity index (χ4v) is 2.85. The maximum absolute atomic E-state index is 12.7. The number of amides is 2. The molecular weight excluding hydrogens is 322 g/mol. The smallest absolute Gasteiger partial charge is 0.254 e. The molecule has 1 aromatic rings. The average molecular weight is 349 g/mol. The van der Waals surface area contributed by atoms with Crippen LogP contribution in [-0.4, -0.2) is 75.6 Å². The third kappa shape index (κ3) is 5.09. The quantitative estimate of drug-likeness (QED) is 0.744. The van der Waals surface area contributed by atoms with Crippen LogP contribution in [0.5, 0.6) is 11.5 Å². The van der Waals surface area contributed by atoms with Gasteiger partial charge in [0, 0.05) is 44.2 Å². The molecule has 0 atom stereocenters. The lowest BCUT2D eigenvalue weighted by molar-refractivity contribution is -0.132. The largest absolute Gasteiger partial charge is 0.497 e. The van der Waals surface area contributed by atoms with Crippen molar-refractivity contribution < 1.29 is 19.1 Å². The number of benzene rings is 1. The highest BCUT2D eigenvalue weighted by Crippen LogP contribution is 2.23. The molecule has 1 aliphatic rings. The van der Waals surface area contributed by atoms with E-state index in [9.17, 15) is 9.59 Å². The van der Waals surface area contributed by atoms with E-state index in [1.807, 2.05) is 11.9 Å². The van der Waals surface area contributed by atoms with Crippen LogP contribution in [0.3, 0.4) is 0 Å². The van der Waals surface area contributed by atoms with Gasteiger partial charge in [0.2, 0.25) is 5.91 Å². The molecule has 7 nitrogen and oxygen atoms in total. The van der Waals surface area contributed by atoms with Gasteiger partial charge in [-0.2, -0.15) is 0 Å². The van der Waals surface area contributed by atoms with Gasteiger partial charge in [0.15, 0.2) is 0 Å².